The summed E-state index contributed by atoms with van der Waals surface area (Å²) < 4.78 is 1.61. The maximum Gasteiger partial charge on any atom is 0.233 e. The largest absolute Gasteiger partial charge is 0.355 e. The van der Waals surface area contributed by atoms with Crippen molar-refractivity contribution in [2.24, 2.45) is 4.99 Å². The molecular weight excluding hydrogens is 338 g/mol. The standard InChI is InChI=1S/C22H27N3O2/c26-21(17-18-9-3-1-4-10-18)23-15-14-22(27)25-16-8-7-13-20(25)24-19-11-5-2-6-12-19/h1,3-4,7-10,13,16,19H,2,5-6,11-12,14-15,17H2,(H,23,26). The number of hydrogen-bond acceptors (Lipinski definition) is 3. The highest BCUT2D eigenvalue weighted by molar-refractivity contribution is 5.81. The minimum absolute atomic E-state index is 0.0508. The molecule has 0 radical (unpaired) electrons. The summed E-state index contributed by atoms with van der Waals surface area (Å²) >= 11 is 0. The van der Waals surface area contributed by atoms with Crippen LogP contribution < -0.4 is 10.8 Å². The predicted octanol–water partition coefficient (Wildman–Crippen LogP) is 3.11. The lowest BCUT2D eigenvalue weighted by molar-refractivity contribution is -0.120. The van der Waals surface area contributed by atoms with Gasteiger partial charge < -0.3 is 5.32 Å². The molecule has 0 saturated heterocycles. The zero-order chi connectivity index (χ0) is 18.9. The summed E-state index contributed by atoms with van der Waals surface area (Å²) in [5.41, 5.74) is 1.68. The molecule has 27 heavy (non-hydrogen) atoms. The average Bonchev–Trinajstić information content (AvgIpc) is 2.70. The molecule has 0 unspecified atom stereocenters. The Balaban J connectivity index is 1.55. The number of nitrogens with one attached hydrogen (secondary N) is 1. The topological polar surface area (TPSA) is 63.5 Å². The van der Waals surface area contributed by atoms with Crippen molar-refractivity contribution in [1.29, 1.82) is 0 Å². The maximum absolute atomic E-state index is 12.6. The van der Waals surface area contributed by atoms with Crippen LogP contribution >= 0.6 is 0 Å². The van der Waals surface area contributed by atoms with Gasteiger partial charge in [-0.15, -0.1) is 0 Å². The molecule has 1 N–H and O–H groups in total. The van der Waals surface area contributed by atoms with E-state index in [0.717, 1.165) is 18.4 Å². The second-order valence-corrected chi connectivity index (χ2v) is 7.01. The van der Waals surface area contributed by atoms with Crippen LogP contribution in [0.5, 0.6) is 0 Å². The van der Waals surface area contributed by atoms with E-state index in [4.69, 9.17) is 4.99 Å². The van der Waals surface area contributed by atoms with Gasteiger partial charge in [-0.2, -0.15) is 0 Å². The van der Waals surface area contributed by atoms with E-state index in [1.54, 1.807) is 10.8 Å². The lowest BCUT2D eigenvalue weighted by atomic mass is 9.96. The molecule has 1 heterocycles. The van der Waals surface area contributed by atoms with Crippen LogP contribution in [0.2, 0.25) is 0 Å². The van der Waals surface area contributed by atoms with Crippen molar-refractivity contribution in [2.45, 2.75) is 51.0 Å². The van der Waals surface area contributed by atoms with Crippen LogP contribution in [0.1, 0.15) is 48.9 Å². The SMILES string of the molecule is O=C(Cc1ccccc1)NCCC(=O)n1ccccc1=NC1CCCCC1. The van der Waals surface area contributed by atoms with Gasteiger partial charge in [0.25, 0.3) is 0 Å². The van der Waals surface area contributed by atoms with E-state index in [1.807, 2.05) is 48.5 Å². The molecule has 0 atom stereocenters. The summed E-state index contributed by atoms with van der Waals surface area (Å²) in [5.74, 6) is -0.121. The van der Waals surface area contributed by atoms with Gasteiger partial charge in [-0.1, -0.05) is 55.7 Å². The lowest BCUT2D eigenvalue weighted by Crippen LogP contribution is -2.32. The number of aromatic nitrogens is 1. The van der Waals surface area contributed by atoms with Gasteiger partial charge in [-0.25, -0.2) is 0 Å². The predicted molar refractivity (Wildman–Crippen MR) is 105 cm³/mol. The minimum Gasteiger partial charge on any atom is -0.355 e. The molecule has 3 rings (SSSR count). The third-order valence-electron chi connectivity index (χ3n) is 4.87. The first-order chi connectivity index (χ1) is 13.2. The number of pyridine rings is 1. The van der Waals surface area contributed by atoms with Crippen LogP contribution in [0, 0.1) is 0 Å². The number of benzene rings is 1. The number of amides is 1. The van der Waals surface area contributed by atoms with Crippen LogP contribution in [0.4, 0.5) is 0 Å². The van der Waals surface area contributed by atoms with Crippen molar-refractivity contribution >= 4 is 11.8 Å². The number of nitrogens with zero attached hydrogens (tertiary/aromatic N) is 2. The molecule has 5 nitrogen and oxygen atoms in total. The van der Waals surface area contributed by atoms with Gasteiger partial charge in [0.05, 0.1) is 12.5 Å². The summed E-state index contributed by atoms with van der Waals surface area (Å²) in [6.45, 7) is 0.329. The molecule has 1 aromatic carbocycles. The van der Waals surface area contributed by atoms with Crippen molar-refractivity contribution in [2.75, 3.05) is 6.54 Å². The molecule has 0 bridgehead atoms. The molecule has 142 valence electrons. The van der Waals surface area contributed by atoms with Crippen LogP contribution in [0.3, 0.4) is 0 Å². The molecule has 1 fully saturated rings. The fourth-order valence-corrected chi connectivity index (χ4v) is 3.42. The van der Waals surface area contributed by atoms with Gasteiger partial charge in [-0.3, -0.25) is 19.1 Å². The Bertz CT molecular complexity index is 821. The highest BCUT2D eigenvalue weighted by Crippen LogP contribution is 2.19. The number of rotatable bonds is 6. The molecule has 1 saturated carbocycles. The second-order valence-electron chi connectivity index (χ2n) is 7.01. The van der Waals surface area contributed by atoms with Crippen LogP contribution in [-0.2, 0) is 11.2 Å². The zero-order valence-electron chi connectivity index (χ0n) is 15.6. The molecule has 0 aliphatic heterocycles. The van der Waals surface area contributed by atoms with Gasteiger partial charge >= 0.3 is 0 Å². The Morgan fingerprint density at radius 1 is 1.00 bits per heavy atom. The van der Waals surface area contributed by atoms with Crippen LogP contribution in [-0.4, -0.2) is 29.0 Å². The van der Waals surface area contributed by atoms with Crippen molar-refractivity contribution in [3.8, 4) is 0 Å². The molecule has 1 aromatic heterocycles. The Labute approximate surface area is 160 Å². The van der Waals surface area contributed by atoms with Gasteiger partial charge in [0, 0.05) is 19.2 Å². The van der Waals surface area contributed by atoms with Crippen molar-refractivity contribution < 1.29 is 9.59 Å². The summed E-state index contributed by atoms with van der Waals surface area (Å²) in [6.07, 6.45) is 8.23. The van der Waals surface area contributed by atoms with E-state index < -0.39 is 0 Å². The van der Waals surface area contributed by atoms with E-state index >= 15 is 0 Å². The zero-order valence-corrected chi connectivity index (χ0v) is 15.6. The van der Waals surface area contributed by atoms with Crippen LogP contribution in [0.15, 0.2) is 59.7 Å². The summed E-state index contributed by atoms with van der Waals surface area (Å²) in [4.78, 5) is 29.4. The van der Waals surface area contributed by atoms with Crippen molar-refractivity contribution in [1.82, 2.24) is 9.88 Å². The third-order valence-corrected chi connectivity index (χ3v) is 4.87. The Hall–Kier alpha value is -2.69. The van der Waals surface area contributed by atoms with Crippen molar-refractivity contribution in [3.05, 3.63) is 65.8 Å². The average molecular weight is 365 g/mol. The van der Waals surface area contributed by atoms with E-state index in [1.165, 1.54) is 19.3 Å². The fraction of sp³-hybridized carbons (Fsp3) is 0.409. The maximum atomic E-state index is 12.6. The molecule has 1 aliphatic rings. The van der Waals surface area contributed by atoms with E-state index in [2.05, 4.69) is 5.32 Å². The summed E-state index contributed by atoms with van der Waals surface area (Å²) in [5, 5.41) is 2.83. The van der Waals surface area contributed by atoms with Gasteiger partial charge in [0.2, 0.25) is 11.8 Å². The van der Waals surface area contributed by atoms with E-state index in [-0.39, 0.29) is 18.2 Å². The Morgan fingerprint density at radius 2 is 1.74 bits per heavy atom. The first kappa shape index (κ1) is 19.1. The lowest BCUT2D eigenvalue weighted by Gasteiger charge is -2.17. The summed E-state index contributed by atoms with van der Waals surface area (Å²) in [7, 11) is 0. The highest BCUT2D eigenvalue weighted by atomic mass is 16.2. The monoisotopic (exact) mass is 365 g/mol. The first-order valence-corrected chi connectivity index (χ1v) is 9.78. The Morgan fingerprint density at radius 3 is 2.52 bits per heavy atom. The van der Waals surface area contributed by atoms with Crippen molar-refractivity contribution in [3.63, 3.8) is 0 Å². The van der Waals surface area contributed by atoms with Gasteiger partial charge in [-0.05, 0) is 30.5 Å². The molecule has 0 spiro atoms. The Kier molecular flexibility index (Phi) is 6.97. The van der Waals surface area contributed by atoms with Gasteiger partial charge in [0.15, 0.2) is 0 Å². The van der Waals surface area contributed by atoms with E-state index in [9.17, 15) is 9.59 Å². The molecule has 1 aliphatic carbocycles. The molecular formula is C22H27N3O2. The number of carbonyl (C=O) groups is 2. The highest BCUT2D eigenvalue weighted by Gasteiger charge is 2.13. The minimum atomic E-state index is -0.0702. The normalized spacial score (nSPS) is 15.5. The summed E-state index contributed by atoms with van der Waals surface area (Å²) in [6, 6.07) is 15.5. The third kappa shape index (κ3) is 5.91. The number of carbonyl (C=O) groups excluding carboxylic acids is 2. The number of hydrogen-bond donors (Lipinski definition) is 1. The molecule has 1 amide bonds. The fourth-order valence-electron chi connectivity index (χ4n) is 3.42. The quantitative estimate of drug-likeness (QED) is 0.855. The second kappa shape index (κ2) is 9.86. The smallest absolute Gasteiger partial charge is 0.233 e. The van der Waals surface area contributed by atoms with Crippen LogP contribution in [0.25, 0.3) is 0 Å². The molecule has 2 aromatic rings. The van der Waals surface area contributed by atoms with E-state index in [0.29, 0.717) is 24.5 Å². The first-order valence-electron chi connectivity index (χ1n) is 9.78. The molecule has 5 heteroatoms. The van der Waals surface area contributed by atoms with Gasteiger partial charge in [0.1, 0.15) is 5.49 Å².